The van der Waals surface area contributed by atoms with Crippen molar-refractivity contribution in [3.63, 3.8) is 0 Å². The number of benzene rings is 2. The number of carbonyl (C=O) groups is 1. The van der Waals surface area contributed by atoms with E-state index in [2.05, 4.69) is 0 Å². The van der Waals surface area contributed by atoms with Gasteiger partial charge in [-0.3, -0.25) is 4.31 Å². The van der Waals surface area contributed by atoms with Gasteiger partial charge >= 0.3 is 5.97 Å². The Kier molecular flexibility index (Phi) is 5.05. The molecule has 2 aromatic rings. The number of rotatable bonds is 5. The van der Waals surface area contributed by atoms with E-state index in [1.165, 1.54) is 13.1 Å². The molecular weight excluding hydrogens is 314 g/mol. The zero-order chi connectivity index (χ0) is 17.0. The summed E-state index contributed by atoms with van der Waals surface area (Å²) < 4.78 is 31.4. The molecule has 2 rings (SSSR count). The molecule has 0 N–H and O–H groups in total. The number of carbonyl (C=O) groups excluding carboxylic acids is 1. The first kappa shape index (κ1) is 17.0. The standard InChI is InChI=1S/C17H19NO4S/c1-4-22-17(19)14-6-5-7-15(12-14)18(3)23(20,21)16-10-8-13(2)9-11-16/h5-12H,4H2,1-3H3. The summed E-state index contributed by atoms with van der Waals surface area (Å²) in [5, 5.41) is 0. The van der Waals surface area contributed by atoms with Gasteiger partial charge in [0.2, 0.25) is 0 Å². The fourth-order valence-electron chi connectivity index (χ4n) is 2.05. The molecule has 5 nitrogen and oxygen atoms in total. The van der Waals surface area contributed by atoms with Crippen molar-refractivity contribution in [1.29, 1.82) is 0 Å². The third kappa shape index (κ3) is 3.71. The monoisotopic (exact) mass is 333 g/mol. The lowest BCUT2D eigenvalue weighted by Crippen LogP contribution is -2.26. The Balaban J connectivity index is 2.36. The number of ether oxygens (including phenoxy) is 1. The van der Waals surface area contributed by atoms with Crippen LogP contribution in [0.4, 0.5) is 5.69 Å². The van der Waals surface area contributed by atoms with Gasteiger partial charge in [0.15, 0.2) is 0 Å². The quantitative estimate of drug-likeness (QED) is 0.789. The van der Waals surface area contributed by atoms with Gasteiger partial charge in [-0.15, -0.1) is 0 Å². The highest BCUT2D eigenvalue weighted by Gasteiger charge is 2.22. The normalized spacial score (nSPS) is 11.1. The maximum Gasteiger partial charge on any atom is 0.338 e. The highest BCUT2D eigenvalue weighted by molar-refractivity contribution is 7.92. The van der Waals surface area contributed by atoms with Gasteiger partial charge in [0.1, 0.15) is 0 Å². The first-order chi connectivity index (χ1) is 10.9. The molecule has 0 atom stereocenters. The molecule has 0 saturated heterocycles. The molecule has 2 aromatic carbocycles. The number of nitrogens with zero attached hydrogens (tertiary/aromatic N) is 1. The summed E-state index contributed by atoms with van der Waals surface area (Å²) in [6.45, 7) is 3.87. The van der Waals surface area contributed by atoms with E-state index < -0.39 is 16.0 Å². The Morgan fingerprint density at radius 3 is 2.39 bits per heavy atom. The van der Waals surface area contributed by atoms with Crippen LogP contribution in [0.2, 0.25) is 0 Å². The molecule has 0 heterocycles. The number of hydrogen-bond acceptors (Lipinski definition) is 4. The Hall–Kier alpha value is -2.34. The number of sulfonamides is 1. The minimum atomic E-state index is -3.68. The molecule has 122 valence electrons. The lowest BCUT2D eigenvalue weighted by Gasteiger charge is -2.20. The fraction of sp³-hybridized carbons (Fsp3) is 0.235. The second-order valence-corrected chi connectivity index (χ2v) is 7.03. The van der Waals surface area contributed by atoms with E-state index in [9.17, 15) is 13.2 Å². The molecule has 0 amide bonds. The molecule has 23 heavy (non-hydrogen) atoms. The Bertz CT molecular complexity index is 798. The predicted octanol–water partition coefficient (Wildman–Crippen LogP) is 3.00. The first-order valence-corrected chi connectivity index (χ1v) is 8.63. The summed E-state index contributed by atoms with van der Waals surface area (Å²) >= 11 is 0. The highest BCUT2D eigenvalue weighted by Crippen LogP contribution is 2.23. The van der Waals surface area contributed by atoms with E-state index in [4.69, 9.17) is 4.74 Å². The minimum absolute atomic E-state index is 0.201. The molecule has 0 unspecified atom stereocenters. The first-order valence-electron chi connectivity index (χ1n) is 7.19. The van der Waals surface area contributed by atoms with Gasteiger partial charge in [0, 0.05) is 7.05 Å². The molecular formula is C17H19NO4S. The molecule has 6 heteroatoms. The number of esters is 1. The second-order valence-electron chi connectivity index (χ2n) is 5.06. The topological polar surface area (TPSA) is 63.7 Å². The van der Waals surface area contributed by atoms with Crippen molar-refractivity contribution < 1.29 is 17.9 Å². The Morgan fingerprint density at radius 1 is 1.13 bits per heavy atom. The van der Waals surface area contributed by atoms with E-state index in [1.807, 2.05) is 6.92 Å². The van der Waals surface area contributed by atoms with E-state index in [0.717, 1.165) is 9.87 Å². The van der Waals surface area contributed by atoms with E-state index in [-0.39, 0.29) is 11.5 Å². The summed E-state index contributed by atoms with van der Waals surface area (Å²) in [6.07, 6.45) is 0. The van der Waals surface area contributed by atoms with E-state index >= 15 is 0 Å². The zero-order valence-corrected chi connectivity index (χ0v) is 14.1. The second kappa shape index (κ2) is 6.83. The van der Waals surface area contributed by atoms with Crippen molar-refractivity contribution in [1.82, 2.24) is 0 Å². The molecule has 0 bridgehead atoms. The summed E-state index contributed by atoms with van der Waals surface area (Å²) in [6, 6.07) is 13.0. The third-order valence-corrected chi connectivity index (χ3v) is 5.20. The van der Waals surface area contributed by atoms with E-state index in [1.54, 1.807) is 49.4 Å². The third-order valence-electron chi connectivity index (χ3n) is 3.40. The van der Waals surface area contributed by atoms with Crippen LogP contribution >= 0.6 is 0 Å². The summed E-state index contributed by atoms with van der Waals surface area (Å²) in [4.78, 5) is 12.0. The van der Waals surface area contributed by atoms with Crippen LogP contribution in [0.15, 0.2) is 53.4 Å². The number of aryl methyl sites for hydroxylation is 1. The molecule has 0 fully saturated rings. The highest BCUT2D eigenvalue weighted by atomic mass is 32.2. The van der Waals surface area contributed by atoms with Crippen molar-refractivity contribution in [2.45, 2.75) is 18.7 Å². The molecule has 0 aromatic heterocycles. The van der Waals surface area contributed by atoms with Crippen LogP contribution in [0.5, 0.6) is 0 Å². The summed E-state index contributed by atoms with van der Waals surface area (Å²) in [5.41, 5.74) is 1.70. The SMILES string of the molecule is CCOC(=O)c1cccc(N(C)S(=O)(=O)c2ccc(C)cc2)c1. The molecule has 0 aliphatic rings. The minimum Gasteiger partial charge on any atom is -0.462 e. The van der Waals surface area contributed by atoms with Gasteiger partial charge in [0.25, 0.3) is 10.0 Å². The van der Waals surface area contributed by atoms with Gasteiger partial charge < -0.3 is 4.74 Å². The predicted molar refractivity (Wildman–Crippen MR) is 89.2 cm³/mol. The molecule has 0 saturated carbocycles. The van der Waals surface area contributed by atoms with Crippen LogP contribution in [-0.4, -0.2) is 28.0 Å². The van der Waals surface area contributed by atoms with Crippen LogP contribution in [0.25, 0.3) is 0 Å². The van der Waals surface area contributed by atoms with Gasteiger partial charge in [-0.25, -0.2) is 13.2 Å². The van der Waals surface area contributed by atoms with Crippen LogP contribution in [0, 0.1) is 6.92 Å². The van der Waals surface area contributed by atoms with Crippen molar-refractivity contribution >= 4 is 21.7 Å². The maximum absolute atomic E-state index is 12.7. The molecule has 0 spiro atoms. The summed E-state index contributed by atoms with van der Waals surface area (Å²) in [5.74, 6) is -0.476. The molecule has 0 aliphatic heterocycles. The Morgan fingerprint density at radius 2 is 1.78 bits per heavy atom. The number of anilines is 1. The zero-order valence-electron chi connectivity index (χ0n) is 13.3. The van der Waals surface area contributed by atoms with Crippen molar-refractivity contribution in [2.24, 2.45) is 0 Å². The largest absolute Gasteiger partial charge is 0.462 e. The average molecular weight is 333 g/mol. The summed E-state index contributed by atoms with van der Waals surface area (Å²) in [7, 11) is -2.22. The van der Waals surface area contributed by atoms with E-state index in [0.29, 0.717) is 11.3 Å². The van der Waals surface area contributed by atoms with Crippen LogP contribution < -0.4 is 4.31 Å². The lowest BCUT2D eigenvalue weighted by molar-refractivity contribution is 0.0526. The van der Waals surface area contributed by atoms with Gasteiger partial charge in [0.05, 0.1) is 22.8 Å². The molecule has 0 radical (unpaired) electrons. The van der Waals surface area contributed by atoms with Gasteiger partial charge in [-0.05, 0) is 44.2 Å². The number of hydrogen-bond donors (Lipinski definition) is 0. The Labute approximate surface area is 136 Å². The van der Waals surface area contributed by atoms with Crippen LogP contribution in [0.3, 0.4) is 0 Å². The average Bonchev–Trinajstić information content (AvgIpc) is 2.55. The van der Waals surface area contributed by atoms with Gasteiger partial charge in [-0.1, -0.05) is 23.8 Å². The van der Waals surface area contributed by atoms with Crippen molar-refractivity contribution in [3.05, 3.63) is 59.7 Å². The maximum atomic E-state index is 12.7. The fourth-order valence-corrected chi connectivity index (χ4v) is 3.24. The lowest BCUT2D eigenvalue weighted by atomic mass is 10.2. The van der Waals surface area contributed by atoms with Crippen LogP contribution in [0.1, 0.15) is 22.8 Å². The van der Waals surface area contributed by atoms with Crippen molar-refractivity contribution in [2.75, 3.05) is 18.0 Å². The van der Waals surface area contributed by atoms with Crippen molar-refractivity contribution in [3.8, 4) is 0 Å². The van der Waals surface area contributed by atoms with Gasteiger partial charge in [-0.2, -0.15) is 0 Å². The smallest absolute Gasteiger partial charge is 0.338 e. The molecule has 0 aliphatic carbocycles. The van der Waals surface area contributed by atoms with Crippen LogP contribution in [-0.2, 0) is 14.8 Å².